The molecule has 148 valence electrons. The van der Waals surface area contributed by atoms with Gasteiger partial charge in [0.1, 0.15) is 23.9 Å². The third-order valence-corrected chi connectivity index (χ3v) is 7.35. The highest BCUT2D eigenvalue weighted by Gasteiger charge is 2.34. The maximum Gasteiger partial charge on any atom is 0.249 e. The lowest BCUT2D eigenvalue weighted by atomic mass is 10.0. The van der Waals surface area contributed by atoms with E-state index < -0.39 is 0 Å². The molecule has 2 aliphatic rings. The molecule has 0 unspecified atom stereocenters. The van der Waals surface area contributed by atoms with E-state index in [0.717, 1.165) is 40.4 Å². The quantitative estimate of drug-likeness (QED) is 0.681. The molecule has 4 heterocycles. The SMILES string of the molecule is O=C(CN1C(=O)CN=C(c2cccs2)c2c1sc1c2CCC1)NCc1ccco1. The molecule has 29 heavy (non-hydrogen) atoms. The molecule has 1 N–H and O–H groups in total. The van der Waals surface area contributed by atoms with Crippen LogP contribution in [-0.2, 0) is 29.0 Å². The van der Waals surface area contributed by atoms with Gasteiger partial charge in [0.2, 0.25) is 11.8 Å². The Balaban J connectivity index is 1.46. The number of amides is 2. The largest absolute Gasteiger partial charge is 0.467 e. The number of thiophene rings is 2. The van der Waals surface area contributed by atoms with Crippen LogP contribution in [0, 0.1) is 0 Å². The van der Waals surface area contributed by atoms with E-state index in [0.29, 0.717) is 12.3 Å². The van der Waals surface area contributed by atoms with Crippen molar-refractivity contribution in [3.8, 4) is 0 Å². The molecule has 0 saturated heterocycles. The van der Waals surface area contributed by atoms with Crippen LogP contribution in [0.5, 0.6) is 0 Å². The summed E-state index contributed by atoms with van der Waals surface area (Å²) in [6, 6.07) is 7.63. The van der Waals surface area contributed by atoms with Gasteiger partial charge in [-0.05, 0) is 48.4 Å². The Bertz CT molecular complexity index is 1080. The minimum atomic E-state index is -0.214. The van der Waals surface area contributed by atoms with E-state index in [4.69, 9.17) is 4.42 Å². The summed E-state index contributed by atoms with van der Waals surface area (Å²) in [7, 11) is 0. The Morgan fingerprint density at radius 2 is 2.21 bits per heavy atom. The van der Waals surface area contributed by atoms with Crippen LogP contribution in [0.15, 0.2) is 45.3 Å². The van der Waals surface area contributed by atoms with Crippen molar-refractivity contribution >= 4 is 45.2 Å². The second kappa shape index (κ2) is 7.61. The Morgan fingerprint density at radius 3 is 3.00 bits per heavy atom. The summed E-state index contributed by atoms with van der Waals surface area (Å²) in [5.74, 6) is 0.319. The van der Waals surface area contributed by atoms with Gasteiger partial charge in [0.25, 0.3) is 0 Å². The molecule has 3 aromatic rings. The third kappa shape index (κ3) is 3.42. The first-order chi connectivity index (χ1) is 14.2. The predicted octanol–water partition coefficient (Wildman–Crippen LogP) is 3.39. The van der Waals surface area contributed by atoms with E-state index in [2.05, 4.69) is 10.3 Å². The first kappa shape index (κ1) is 18.3. The molecule has 6 nitrogen and oxygen atoms in total. The minimum Gasteiger partial charge on any atom is -0.467 e. The number of carbonyl (C=O) groups excluding carboxylic acids is 2. The predicted molar refractivity (Wildman–Crippen MR) is 114 cm³/mol. The van der Waals surface area contributed by atoms with Crippen LogP contribution in [0.4, 0.5) is 5.00 Å². The Kier molecular flexibility index (Phi) is 4.81. The summed E-state index contributed by atoms with van der Waals surface area (Å²) < 4.78 is 5.26. The smallest absolute Gasteiger partial charge is 0.249 e. The minimum absolute atomic E-state index is 0.0147. The molecule has 2 amide bonds. The molecule has 0 aromatic carbocycles. The lowest BCUT2D eigenvalue weighted by Crippen LogP contribution is -2.41. The standard InChI is InChI=1S/C21H19N3O3S2/c25-17(22-10-13-4-2-8-27-13)12-24-18(26)11-23-20(16-7-3-9-28-16)19-14-5-1-6-15(14)29-21(19)24/h2-4,7-9H,1,5-6,10-12H2,(H,22,25). The first-order valence-corrected chi connectivity index (χ1v) is 11.2. The van der Waals surface area contributed by atoms with Crippen LogP contribution < -0.4 is 10.2 Å². The van der Waals surface area contributed by atoms with Crippen molar-refractivity contribution < 1.29 is 14.0 Å². The number of aryl methyl sites for hydroxylation is 1. The number of rotatable bonds is 5. The Morgan fingerprint density at radius 1 is 1.28 bits per heavy atom. The zero-order valence-corrected chi connectivity index (χ0v) is 17.3. The summed E-state index contributed by atoms with van der Waals surface area (Å²) in [5, 5.41) is 5.72. The molecular formula is C21H19N3O3S2. The molecule has 1 aliphatic heterocycles. The number of nitrogens with zero attached hydrogens (tertiary/aromatic N) is 2. The molecule has 0 fully saturated rings. The summed E-state index contributed by atoms with van der Waals surface area (Å²) in [6.45, 7) is 0.340. The monoisotopic (exact) mass is 425 g/mol. The normalized spacial score (nSPS) is 15.7. The molecular weight excluding hydrogens is 406 g/mol. The van der Waals surface area contributed by atoms with Crippen molar-refractivity contribution in [2.75, 3.05) is 18.0 Å². The van der Waals surface area contributed by atoms with Gasteiger partial charge in [0.15, 0.2) is 0 Å². The second-order valence-corrected chi connectivity index (χ2v) is 9.05. The zero-order valence-electron chi connectivity index (χ0n) is 15.6. The van der Waals surface area contributed by atoms with Crippen molar-refractivity contribution in [3.63, 3.8) is 0 Å². The van der Waals surface area contributed by atoms with E-state index in [9.17, 15) is 9.59 Å². The van der Waals surface area contributed by atoms with Crippen molar-refractivity contribution in [3.05, 3.63) is 62.6 Å². The molecule has 3 aromatic heterocycles. The van der Waals surface area contributed by atoms with Gasteiger partial charge in [0.05, 0.1) is 23.4 Å². The molecule has 0 spiro atoms. The van der Waals surface area contributed by atoms with E-state index >= 15 is 0 Å². The first-order valence-electron chi connectivity index (χ1n) is 9.53. The number of furan rings is 1. The highest BCUT2D eigenvalue weighted by molar-refractivity contribution is 7.17. The van der Waals surface area contributed by atoms with E-state index in [1.807, 2.05) is 17.5 Å². The fourth-order valence-electron chi connectivity index (χ4n) is 3.82. The summed E-state index contributed by atoms with van der Waals surface area (Å²) in [6.07, 6.45) is 4.72. The van der Waals surface area contributed by atoms with Crippen LogP contribution in [-0.4, -0.2) is 30.6 Å². The van der Waals surface area contributed by atoms with Crippen molar-refractivity contribution in [2.45, 2.75) is 25.8 Å². The van der Waals surface area contributed by atoms with Gasteiger partial charge < -0.3 is 9.73 Å². The number of carbonyl (C=O) groups is 2. The zero-order chi connectivity index (χ0) is 19.8. The van der Waals surface area contributed by atoms with Gasteiger partial charge in [-0.3, -0.25) is 19.5 Å². The average molecular weight is 426 g/mol. The van der Waals surface area contributed by atoms with E-state index in [-0.39, 0.29) is 24.9 Å². The summed E-state index contributed by atoms with van der Waals surface area (Å²) >= 11 is 3.27. The van der Waals surface area contributed by atoms with Crippen molar-refractivity contribution in [2.24, 2.45) is 4.99 Å². The average Bonchev–Trinajstić information content (AvgIpc) is 3.50. The van der Waals surface area contributed by atoms with Crippen LogP contribution >= 0.6 is 22.7 Å². The van der Waals surface area contributed by atoms with Gasteiger partial charge in [-0.2, -0.15) is 0 Å². The molecule has 0 radical (unpaired) electrons. The Labute approximate surface area is 175 Å². The second-order valence-electron chi connectivity index (χ2n) is 7.02. The fourth-order valence-corrected chi connectivity index (χ4v) is 5.97. The maximum atomic E-state index is 12.9. The van der Waals surface area contributed by atoms with Gasteiger partial charge >= 0.3 is 0 Å². The van der Waals surface area contributed by atoms with Gasteiger partial charge in [-0.15, -0.1) is 22.7 Å². The van der Waals surface area contributed by atoms with Gasteiger partial charge in [0, 0.05) is 10.4 Å². The number of anilines is 1. The van der Waals surface area contributed by atoms with Gasteiger partial charge in [-0.1, -0.05) is 6.07 Å². The molecule has 0 saturated carbocycles. The fraction of sp³-hybridized carbons (Fsp3) is 0.286. The number of aliphatic imine (C=N–C) groups is 1. The molecule has 8 heteroatoms. The number of fused-ring (bicyclic) bond motifs is 3. The van der Waals surface area contributed by atoms with Gasteiger partial charge in [-0.25, -0.2) is 0 Å². The summed E-state index contributed by atoms with van der Waals surface area (Å²) in [5.41, 5.74) is 3.24. The van der Waals surface area contributed by atoms with Crippen LogP contribution in [0.2, 0.25) is 0 Å². The molecule has 5 rings (SSSR count). The highest BCUT2D eigenvalue weighted by atomic mass is 32.1. The highest BCUT2D eigenvalue weighted by Crippen LogP contribution is 2.43. The molecule has 0 bridgehead atoms. The number of nitrogens with one attached hydrogen (secondary N) is 1. The van der Waals surface area contributed by atoms with Crippen LogP contribution in [0.1, 0.15) is 33.1 Å². The number of hydrogen-bond donors (Lipinski definition) is 1. The van der Waals surface area contributed by atoms with Crippen molar-refractivity contribution in [1.82, 2.24) is 5.32 Å². The van der Waals surface area contributed by atoms with Crippen molar-refractivity contribution in [1.29, 1.82) is 0 Å². The van der Waals surface area contributed by atoms with E-state index in [1.54, 1.807) is 46.0 Å². The Hall–Kier alpha value is -2.71. The van der Waals surface area contributed by atoms with Crippen LogP contribution in [0.25, 0.3) is 0 Å². The lowest BCUT2D eigenvalue weighted by molar-refractivity contribution is -0.123. The topological polar surface area (TPSA) is 74.9 Å². The lowest BCUT2D eigenvalue weighted by Gasteiger charge is -2.20. The molecule has 1 aliphatic carbocycles. The van der Waals surface area contributed by atoms with E-state index in [1.165, 1.54) is 10.4 Å². The molecule has 0 atom stereocenters. The van der Waals surface area contributed by atoms with Crippen LogP contribution in [0.3, 0.4) is 0 Å². The third-order valence-electron chi connectivity index (χ3n) is 5.15. The number of hydrogen-bond acceptors (Lipinski definition) is 6. The summed E-state index contributed by atoms with van der Waals surface area (Å²) in [4.78, 5) is 34.2. The maximum absolute atomic E-state index is 12.9.